The van der Waals surface area contributed by atoms with E-state index in [1.807, 2.05) is 11.3 Å². The molecular formula is C12H15N3S. The van der Waals surface area contributed by atoms with E-state index >= 15 is 0 Å². The first-order valence-corrected chi connectivity index (χ1v) is 6.61. The number of hydrogen-bond donors (Lipinski definition) is 2. The van der Waals surface area contributed by atoms with Gasteiger partial charge in [0.05, 0.1) is 12.2 Å². The van der Waals surface area contributed by atoms with Crippen molar-refractivity contribution in [2.75, 3.05) is 6.54 Å². The molecule has 0 atom stereocenters. The first kappa shape index (κ1) is 10.1. The van der Waals surface area contributed by atoms with Crippen LogP contribution in [-0.2, 0) is 19.4 Å². The van der Waals surface area contributed by atoms with Gasteiger partial charge in [-0.2, -0.15) is 0 Å². The third kappa shape index (κ3) is 1.58. The number of H-pyrrole nitrogens is 1. The summed E-state index contributed by atoms with van der Waals surface area (Å²) >= 11 is 1.85. The van der Waals surface area contributed by atoms with Gasteiger partial charge in [-0.3, -0.25) is 0 Å². The van der Waals surface area contributed by atoms with Crippen molar-refractivity contribution in [1.82, 2.24) is 15.3 Å². The van der Waals surface area contributed by atoms with Gasteiger partial charge >= 0.3 is 0 Å². The summed E-state index contributed by atoms with van der Waals surface area (Å²) < 4.78 is 0. The highest BCUT2D eigenvalue weighted by Gasteiger charge is 2.20. The van der Waals surface area contributed by atoms with Crippen molar-refractivity contribution in [3.05, 3.63) is 27.8 Å². The highest BCUT2D eigenvalue weighted by atomic mass is 32.1. The van der Waals surface area contributed by atoms with Gasteiger partial charge in [-0.15, -0.1) is 11.3 Å². The van der Waals surface area contributed by atoms with Gasteiger partial charge in [0.25, 0.3) is 0 Å². The Kier molecular flexibility index (Phi) is 2.53. The van der Waals surface area contributed by atoms with Crippen LogP contribution < -0.4 is 5.32 Å². The van der Waals surface area contributed by atoms with E-state index in [0.29, 0.717) is 0 Å². The molecule has 0 saturated heterocycles. The van der Waals surface area contributed by atoms with E-state index in [2.05, 4.69) is 28.7 Å². The Bertz CT molecular complexity index is 498. The van der Waals surface area contributed by atoms with Crippen LogP contribution in [0.3, 0.4) is 0 Å². The summed E-state index contributed by atoms with van der Waals surface area (Å²) in [6.45, 7) is 3.93. The number of rotatable bonds is 3. The number of aromatic amines is 1. The maximum Gasteiger partial charge on any atom is 0.121 e. The van der Waals surface area contributed by atoms with Gasteiger partial charge in [-0.1, -0.05) is 6.92 Å². The van der Waals surface area contributed by atoms with Crippen molar-refractivity contribution >= 4 is 11.3 Å². The van der Waals surface area contributed by atoms with Crippen molar-refractivity contribution in [2.45, 2.75) is 26.3 Å². The average molecular weight is 233 g/mol. The average Bonchev–Trinajstić information content (AvgIpc) is 2.90. The zero-order valence-electron chi connectivity index (χ0n) is 9.34. The molecule has 2 aromatic rings. The van der Waals surface area contributed by atoms with Crippen molar-refractivity contribution in [3.63, 3.8) is 0 Å². The topological polar surface area (TPSA) is 40.7 Å². The van der Waals surface area contributed by atoms with Gasteiger partial charge < -0.3 is 10.3 Å². The summed E-state index contributed by atoms with van der Waals surface area (Å²) in [5.74, 6) is 1.06. The molecule has 0 amide bonds. The zero-order chi connectivity index (χ0) is 11.0. The van der Waals surface area contributed by atoms with Crippen LogP contribution in [0.5, 0.6) is 0 Å². The molecule has 4 heteroatoms. The summed E-state index contributed by atoms with van der Waals surface area (Å²) in [5, 5.41) is 5.47. The number of imidazole rings is 1. The molecule has 16 heavy (non-hydrogen) atoms. The fraction of sp³-hybridized carbons (Fsp3) is 0.417. The van der Waals surface area contributed by atoms with Gasteiger partial charge in [-0.25, -0.2) is 4.98 Å². The van der Waals surface area contributed by atoms with Crippen molar-refractivity contribution in [3.8, 4) is 11.3 Å². The first-order valence-electron chi connectivity index (χ1n) is 5.73. The Morgan fingerprint density at radius 3 is 3.31 bits per heavy atom. The molecule has 0 saturated carbocycles. The maximum absolute atomic E-state index is 4.69. The number of aromatic nitrogens is 2. The van der Waals surface area contributed by atoms with Crippen LogP contribution >= 0.6 is 11.3 Å². The molecule has 84 valence electrons. The number of thiophene rings is 1. The molecular weight excluding hydrogens is 218 g/mol. The minimum Gasteiger partial charge on any atom is -0.344 e. The molecule has 0 bridgehead atoms. The quantitative estimate of drug-likeness (QED) is 0.854. The number of nitrogens with one attached hydrogen (secondary N) is 2. The van der Waals surface area contributed by atoms with E-state index in [1.165, 1.54) is 21.8 Å². The van der Waals surface area contributed by atoms with E-state index in [0.717, 1.165) is 31.8 Å². The third-order valence-electron chi connectivity index (χ3n) is 2.97. The second-order valence-corrected chi connectivity index (χ2v) is 5.05. The van der Waals surface area contributed by atoms with Crippen LogP contribution in [0.15, 0.2) is 11.4 Å². The minimum atomic E-state index is 0.836. The Balaban J connectivity index is 1.96. The van der Waals surface area contributed by atoms with Gasteiger partial charge in [0, 0.05) is 16.1 Å². The van der Waals surface area contributed by atoms with Crippen molar-refractivity contribution < 1.29 is 0 Å². The first-order chi connectivity index (χ1) is 7.88. The molecule has 1 aliphatic carbocycles. The normalized spacial score (nSPS) is 13.6. The van der Waals surface area contributed by atoms with Crippen molar-refractivity contribution in [2.24, 2.45) is 0 Å². The smallest absolute Gasteiger partial charge is 0.121 e. The molecule has 3 nitrogen and oxygen atoms in total. The largest absolute Gasteiger partial charge is 0.344 e. The Labute approximate surface area is 98.9 Å². The van der Waals surface area contributed by atoms with Crippen LogP contribution in [0, 0.1) is 0 Å². The van der Waals surface area contributed by atoms with Gasteiger partial charge in [-0.05, 0) is 30.8 Å². The molecule has 2 heterocycles. The molecule has 0 aromatic carbocycles. The lowest BCUT2D eigenvalue weighted by Gasteiger charge is -2.09. The third-order valence-corrected chi connectivity index (χ3v) is 3.95. The Morgan fingerprint density at radius 2 is 2.44 bits per heavy atom. The molecule has 0 aliphatic heterocycles. The summed E-state index contributed by atoms with van der Waals surface area (Å²) in [7, 11) is 0. The highest BCUT2D eigenvalue weighted by molar-refractivity contribution is 7.10. The highest BCUT2D eigenvalue weighted by Crippen LogP contribution is 2.34. The number of nitrogens with zero attached hydrogens (tertiary/aromatic N) is 1. The number of aryl methyl sites for hydroxylation is 2. The molecule has 0 fully saturated rings. The predicted octanol–water partition coefficient (Wildman–Crippen LogP) is 2.35. The van der Waals surface area contributed by atoms with E-state index in [1.54, 1.807) is 0 Å². The van der Waals surface area contributed by atoms with Crippen LogP contribution in [-0.4, -0.2) is 16.5 Å². The van der Waals surface area contributed by atoms with Gasteiger partial charge in [0.2, 0.25) is 0 Å². The molecule has 2 N–H and O–H groups in total. The van der Waals surface area contributed by atoms with Crippen LogP contribution in [0.4, 0.5) is 0 Å². The molecule has 2 aromatic heterocycles. The summed E-state index contributed by atoms with van der Waals surface area (Å²) in [4.78, 5) is 9.60. The Morgan fingerprint density at radius 1 is 1.50 bits per heavy atom. The summed E-state index contributed by atoms with van der Waals surface area (Å²) in [6.07, 6.45) is 2.25. The lowest BCUT2D eigenvalue weighted by Crippen LogP contribution is -2.12. The number of hydrogen-bond acceptors (Lipinski definition) is 3. The van der Waals surface area contributed by atoms with E-state index in [-0.39, 0.29) is 0 Å². The monoisotopic (exact) mass is 233 g/mol. The van der Waals surface area contributed by atoms with Gasteiger partial charge in [0.15, 0.2) is 0 Å². The van der Waals surface area contributed by atoms with E-state index in [9.17, 15) is 0 Å². The molecule has 1 aliphatic rings. The molecule has 0 radical (unpaired) electrons. The van der Waals surface area contributed by atoms with Crippen LogP contribution in [0.1, 0.15) is 23.3 Å². The summed E-state index contributed by atoms with van der Waals surface area (Å²) in [5.41, 5.74) is 3.82. The lowest BCUT2D eigenvalue weighted by molar-refractivity contribution is 0.696. The fourth-order valence-electron chi connectivity index (χ4n) is 2.18. The van der Waals surface area contributed by atoms with E-state index < -0.39 is 0 Å². The Hall–Kier alpha value is -1.13. The van der Waals surface area contributed by atoms with Crippen LogP contribution in [0.2, 0.25) is 0 Å². The maximum atomic E-state index is 4.69. The van der Waals surface area contributed by atoms with E-state index in [4.69, 9.17) is 4.98 Å². The molecule has 0 spiro atoms. The second-order valence-electron chi connectivity index (χ2n) is 4.05. The zero-order valence-corrected chi connectivity index (χ0v) is 10.2. The standard InChI is InChI=1S/C12H15N3S/c1-2-13-7-11-14-9-3-4-10-8(5-6-16-10)12(9)15-11/h5-6,13H,2-4,7H2,1H3,(H,14,15). The number of fused-ring (bicyclic) bond motifs is 3. The lowest BCUT2D eigenvalue weighted by atomic mass is 10.0. The fourth-order valence-corrected chi connectivity index (χ4v) is 3.06. The predicted molar refractivity (Wildman–Crippen MR) is 66.7 cm³/mol. The molecule has 3 rings (SSSR count). The minimum absolute atomic E-state index is 0.836. The SMILES string of the molecule is CCNCc1nc2c([nH]1)CCc1sccc1-2. The van der Waals surface area contributed by atoms with Crippen molar-refractivity contribution in [1.29, 1.82) is 0 Å². The summed E-state index contributed by atoms with van der Waals surface area (Å²) in [6, 6.07) is 2.19. The van der Waals surface area contributed by atoms with Gasteiger partial charge in [0.1, 0.15) is 5.82 Å². The second kappa shape index (κ2) is 4.03. The van der Waals surface area contributed by atoms with Crippen LogP contribution in [0.25, 0.3) is 11.3 Å². The molecule has 0 unspecified atom stereocenters.